The minimum Gasteiger partial charge on any atom is -0.508 e. The minimum absolute atomic E-state index is 0.00449. The van der Waals surface area contributed by atoms with Crippen LogP contribution in [0.1, 0.15) is 19.3 Å². The van der Waals surface area contributed by atoms with Gasteiger partial charge in [-0.05, 0) is 49.1 Å². The van der Waals surface area contributed by atoms with Gasteiger partial charge in [0.05, 0.1) is 13.3 Å². The Labute approximate surface area is 166 Å². The van der Waals surface area contributed by atoms with E-state index < -0.39 is 0 Å². The summed E-state index contributed by atoms with van der Waals surface area (Å²) in [6, 6.07) is 8.33. The van der Waals surface area contributed by atoms with E-state index in [0.29, 0.717) is 13.2 Å². The molecule has 0 radical (unpaired) electrons. The first-order chi connectivity index (χ1) is 13.1. The third-order valence-corrected chi connectivity index (χ3v) is 6.42. The number of hydrogen-bond acceptors (Lipinski definition) is 6. The van der Waals surface area contributed by atoms with Gasteiger partial charge in [0.15, 0.2) is 5.76 Å². The maximum atomic E-state index is 9.82. The molecule has 2 fully saturated rings. The summed E-state index contributed by atoms with van der Waals surface area (Å²) in [5.41, 5.74) is 1.40. The molecule has 1 unspecified atom stereocenters. The van der Waals surface area contributed by atoms with E-state index in [1.807, 2.05) is 18.2 Å². The lowest BCUT2D eigenvalue weighted by molar-refractivity contribution is -0.00566. The largest absolute Gasteiger partial charge is 0.508 e. The van der Waals surface area contributed by atoms with Gasteiger partial charge in [0.25, 0.3) is 0 Å². The van der Waals surface area contributed by atoms with Crippen LogP contribution in [-0.2, 0) is 4.74 Å². The van der Waals surface area contributed by atoms with Crippen LogP contribution in [0.15, 0.2) is 52.8 Å². The maximum Gasteiger partial charge on any atom is 0.152 e. The normalized spacial score (nSPS) is 25.1. The van der Waals surface area contributed by atoms with Gasteiger partial charge in [-0.25, -0.2) is 0 Å². The van der Waals surface area contributed by atoms with Crippen molar-refractivity contribution < 1.29 is 14.9 Å². The van der Waals surface area contributed by atoms with Crippen molar-refractivity contribution in [3.8, 4) is 0 Å². The van der Waals surface area contributed by atoms with Gasteiger partial charge in [-0.3, -0.25) is 4.90 Å². The van der Waals surface area contributed by atoms with Gasteiger partial charge in [0.1, 0.15) is 5.76 Å². The molecule has 2 N–H and O–H groups in total. The number of hydrogen-bond donors (Lipinski definition) is 3. The highest BCUT2D eigenvalue weighted by Gasteiger charge is 2.49. The molecule has 6 heteroatoms. The van der Waals surface area contributed by atoms with E-state index in [1.54, 1.807) is 6.08 Å². The van der Waals surface area contributed by atoms with Crippen LogP contribution >= 0.6 is 12.6 Å². The van der Waals surface area contributed by atoms with Crippen molar-refractivity contribution in [2.75, 3.05) is 44.4 Å². The van der Waals surface area contributed by atoms with Crippen molar-refractivity contribution in [3.05, 3.63) is 47.9 Å². The van der Waals surface area contributed by atoms with E-state index in [2.05, 4.69) is 34.6 Å². The molecule has 0 aromatic heterocycles. The Bertz CT molecular complexity index is 719. The van der Waals surface area contributed by atoms with Crippen molar-refractivity contribution in [1.29, 1.82) is 0 Å². The van der Waals surface area contributed by atoms with Crippen molar-refractivity contribution >= 4 is 18.3 Å². The van der Waals surface area contributed by atoms with E-state index in [-0.39, 0.29) is 22.9 Å². The molecule has 1 saturated carbocycles. The number of piperazine rings is 1. The number of anilines is 1. The summed E-state index contributed by atoms with van der Waals surface area (Å²) in [7, 11) is 0. The summed E-state index contributed by atoms with van der Waals surface area (Å²) >= 11 is 4.35. The van der Waals surface area contributed by atoms with Crippen LogP contribution in [0.2, 0.25) is 0 Å². The molecule has 1 heterocycles. The zero-order valence-corrected chi connectivity index (χ0v) is 16.4. The monoisotopic (exact) mass is 388 g/mol. The number of nitrogens with zero attached hydrogens (tertiary/aromatic N) is 2. The van der Waals surface area contributed by atoms with E-state index in [0.717, 1.165) is 50.5 Å². The SMILES string of the molecule is OC1=C(O)CC(C2(COCN3CCN(c4ccc(S)cc4)CC3)CC2)C=C1. The minimum atomic E-state index is 0.00449. The molecule has 146 valence electrons. The number of aliphatic hydroxyl groups excluding tert-OH is 2. The predicted octanol–water partition coefficient (Wildman–Crippen LogP) is 3.76. The Morgan fingerprint density at radius 2 is 1.78 bits per heavy atom. The van der Waals surface area contributed by atoms with Crippen LogP contribution in [0.25, 0.3) is 0 Å². The Morgan fingerprint density at radius 3 is 2.41 bits per heavy atom. The second-order valence-electron chi connectivity index (χ2n) is 7.96. The van der Waals surface area contributed by atoms with Crippen LogP contribution in [0.4, 0.5) is 5.69 Å². The lowest BCUT2D eigenvalue weighted by Gasteiger charge is -2.36. The van der Waals surface area contributed by atoms with Crippen LogP contribution in [-0.4, -0.2) is 54.6 Å². The number of aliphatic hydroxyl groups is 2. The third kappa shape index (κ3) is 4.28. The molecule has 5 nitrogen and oxygen atoms in total. The second-order valence-corrected chi connectivity index (χ2v) is 8.48. The number of ether oxygens (including phenoxy) is 1. The van der Waals surface area contributed by atoms with Crippen LogP contribution < -0.4 is 4.90 Å². The fraction of sp³-hybridized carbons (Fsp3) is 0.524. The van der Waals surface area contributed by atoms with Gasteiger partial charge in [0.2, 0.25) is 0 Å². The average molecular weight is 389 g/mol. The lowest BCUT2D eigenvalue weighted by atomic mass is 9.83. The molecule has 4 rings (SSSR count). The van der Waals surface area contributed by atoms with E-state index in [9.17, 15) is 10.2 Å². The molecular formula is C21H28N2O3S. The predicted molar refractivity (Wildman–Crippen MR) is 109 cm³/mol. The first-order valence-corrected chi connectivity index (χ1v) is 10.1. The highest BCUT2D eigenvalue weighted by Crippen LogP contribution is 2.55. The Morgan fingerprint density at radius 1 is 1.07 bits per heavy atom. The van der Waals surface area contributed by atoms with Crippen LogP contribution in [0.3, 0.4) is 0 Å². The van der Waals surface area contributed by atoms with Crippen molar-refractivity contribution in [3.63, 3.8) is 0 Å². The van der Waals surface area contributed by atoms with E-state index in [4.69, 9.17) is 4.74 Å². The molecular weight excluding hydrogens is 360 g/mol. The Balaban J connectivity index is 1.21. The summed E-state index contributed by atoms with van der Waals surface area (Å²) in [6.07, 6.45) is 6.44. The van der Waals surface area contributed by atoms with Crippen LogP contribution in [0.5, 0.6) is 0 Å². The standard InChI is InChI=1S/C21H28N2O3S/c24-19-6-1-16(13-20(19)25)21(7-8-21)14-26-15-22-9-11-23(12-10-22)17-2-4-18(27)5-3-17/h1-6,16,24-25,27H,7-15H2. The summed E-state index contributed by atoms with van der Waals surface area (Å²) in [5.74, 6) is 0.376. The lowest BCUT2D eigenvalue weighted by Crippen LogP contribution is -2.47. The molecule has 1 saturated heterocycles. The van der Waals surface area contributed by atoms with E-state index >= 15 is 0 Å². The highest BCUT2D eigenvalue weighted by atomic mass is 32.1. The fourth-order valence-electron chi connectivity index (χ4n) is 4.06. The molecule has 3 aliphatic rings. The fourth-order valence-corrected chi connectivity index (χ4v) is 4.21. The molecule has 27 heavy (non-hydrogen) atoms. The molecule has 0 amide bonds. The third-order valence-electron chi connectivity index (χ3n) is 6.12. The van der Waals surface area contributed by atoms with Crippen molar-refractivity contribution in [1.82, 2.24) is 4.90 Å². The zero-order valence-electron chi connectivity index (χ0n) is 15.5. The molecule has 2 aliphatic carbocycles. The molecule has 1 aromatic rings. The molecule has 0 spiro atoms. The van der Waals surface area contributed by atoms with Gasteiger partial charge in [-0.15, -0.1) is 12.6 Å². The average Bonchev–Trinajstić information content (AvgIpc) is 3.46. The van der Waals surface area contributed by atoms with Gasteiger partial charge < -0.3 is 19.8 Å². The summed E-state index contributed by atoms with van der Waals surface area (Å²) in [5, 5.41) is 19.4. The van der Waals surface area contributed by atoms with E-state index in [1.165, 1.54) is 5.69 Å². The summed E-state index contributed by atoms with van der Waals surface area (Å²) in [4.78, 5) is 5.76. The number of rotatable bonds is 6. The van der Waals surface area contributed by atoms with Gasteiger partial charge in [0, 0.05) is 48.6 Å². The molecule has 1 aliphatic heterocycles. The Hall–Kier alpha value is -1.63. The van der Waals surface area contributed by atoms with Crippen molar-refractivity contribution in [2.45, 2.75) is 24.2 Å². The van der Waals surface area contributed by atoms with Gasteiger partial charge >= 0.3 is 0 Å². The summed E-state index contributed by atoms with van der Waals surface area (Å²) < 4.78 is 6.08. The smallest absolute Gasteiger partial charge is 0.152 e. The number of thiol groups is 1. The number of benzene rings is 1. The summed E-state index contributed by atoms with van der Waals surface area (Å²) in [6.45, 7) is 5.38. The van der Waals surface area contributed by atoms with Gasteiger partial charge in [-0.1, -0.05) is 6.08 Å². The highest BCUT2D eigenvalue weighted by molar-refractivity contribution is 7.80. The first kappa shape index (κ1) is 18.7. The molecule has 1 aromatic carbocycles. The van der Waals surface area contributed by atoms with Crippen LogP contribution in [0, 0.1) is 11.3 Å². The zero-order chi connectivity index (χ0) is 18.9. The quantitative estimate of drug-likeness (QED) is 0.648. The second kappa shape index (κ2) is 7.78. The Kier molecular flexibility index (Phi) is 5.39. The molecule has 0 bridgehead atoms. The van der Waals surface area contributed by atoms with Crippen molar-refractivity contribution in [2.24, 2.45) is 11.3 Å². The van der Waals surface area contributed by atoms with Gasteiger partial charge in [-0.2, -0.15) is 0 Å². The topological polar surface area (TPSA) is 56.2 Å². The first-order valence-electron chi connectivity index (χ1n) is 9.69. The molecule has 1 atom stereocenters. The maximum absolute atomic E-state index is 9.82. The number of allylic oxidation sites excluding steroid dienone is 3.